The number of carbonyl (C=O) groups is 3. The van der Waals surface area contributed by atoms with Crippen LogP contribution in [0.25, 0.3) is 6.08 Å². The summed E-state index contributed by atoms with van der Waals surface area (Å²) in [5, 5.41) is 36.5. The Hall–Kier alpha value is -5.03. The lowest BCUT2D eigenvalue weighted by molar-refractivity contribution is -0.122. The molecule has 0 bridgehead atoms. The number of amides is 1. The first-order valence-electron chi connectivity index (χ1n) is 16.8. The maximum Gasteiger partial charge on any atom is 0.342 e. The van der Waals surface area contributed by atoms with Crippen molar-refractivity contribution in [3.63, 3.8) is 0 Å². The first-order chi connectivity index (χ1) is 24.1. The molecule has 2 unspecified atom stereocenters. The van der Waals surface area contributed by atoms with Crippen molar-refractivity contribution < 1.29 is 48.7 Å². The van der Waals surface area contributed by atoms with Gasteiger partial charge in [0.05, 0.1) is 40.1 Å². The number of methoxy groups -OCH3 is 3. The minimum Gasteiger partial charge on any atom is -0.507 e. The summed E-state index contributed by atoms with van der Waals surface area (Å²) in [5.74, 6) is -2.24. The molecule has 0 saturated carbocycles. The molecule has 0 saturated heterocycles. The number of hydrogen-bond donors (Lipinski definition) is 4. The molecule has 3 aromatic carbocycles. The first kappa shape index (κ1) is 37.8. The fraction of sp³-hybridized carbons (Fsp3) is 0.410. The number of allylic oxidation sites excluding steroid dienone is 1. The summed E-state index contributed by atoms with van der Waals surface area (Å²) in [6.45, 7) is 1.40. The van der Waals surface area contributed by atoms with Crippen LogP contribution in [0.15, 0.2) is 54.6 Å². The summed E-state index contributed by atoms with van der Waals surface area (Å²) in [7, 11) is 4.34. The molecule has 50 heavy (non-hydrogen) atoms. The summed E-state index contributed by atoms with van der Waals surface area (Å²) >= 11 is 0. The number of aliphatic hydroxyl groups excluding tert-OH is 1. The Balaban J connectivity index is 1.84. The largest absolute Gasteiger partial charge is 0.507 e. The normalized spacial score (nSPS) is 17.3. The number of ketones is 1. The highest BCUT2D eigenvalue weighted by molar-refractivity contribution is 5.98. The van der Waals surface area contributed by atoms with E-state index in [2.05, 4.69) is 5.32 Å². The predicted molar refractivity (Wildman–Crippen MR) is 188 cm³/mol. The molecule has 3 atom stereocenters. The van der Waals surface area contributed by atoms with Gasteiger partial charge < -0.3 is 39.6 Å². The average molecular weight is 690 g/mol. The second-order valence-corrected chi connectivity index (χ2v) is 12.4. The molecule has 0 aliphatic carbocycles. The van der Waals surface area contributed by atoms with Crippen LogP contribution >= 0.6 is 0 Å². The number of cyclic esters (lactones) is 1. The summed E-state index contributed by atoms with van der Waals surface area (Å²) in [5.41, 5.74) is 1.31. The van der Waals surface area contributed by atoms with Gasteiger partial charge in [-0.3, -0.25) is 9.59 Å². The summed E-state index contributed by atoms with van der Waals surface area (Å²) < 4.78 is 22.4. The lowest BCUT2D eigenvalue weighted by Gasteiger charge is -2.25. The van der Waals surface area contributed by atoms with Gasteiger partial charge in [-0.1, -0.05) is 42.5 Å². The van der Waals surface area contributed by atoms with Crippen LogP contribution in [0, 0.1) is 0 Å². The van der Waals surface area contributed by atoms with Crippen LogP contribution in [-0.4, -0.2) is 73.1 Å². The number of Topliss-reactive ketones (excluding diaryl/α,β-unsaturated/α-hetero) is 1. The van der Waals surface area contributed by atoms with E-state index in [-0.39, 0.29) is 52.7 Å². The van der Waals surface area contributed by atoms with Gasteiger partial charge in [0.15, 0.2) is 11.5 Å². The maximum absolute atomic E-state index is 13.7. The molecule has 4 N–H and O–H groups in total. The number of nitrogens with one attached hydrogen (secondary N) is 1. The number of phenolic OH excluding ortho intramolecular Hbond substituents is 2. The Morgan fingerprint density at radius 2 is 1.66 bits per heavy atom. The van der Waals surface area contributed by atoms with E-state index in [4.69, 9.17) is 18.9 Å². The van der Waals surface area contributed by atoms with E-state index >= 15 is 0 Å². The van der Waals surface area contributed by atoms with Crippen LogP contribution in [0.3, 0.4) is 0 Å². The molecule has 0 spiro atoms. The van der Waals surface area contributed by atoms with Crippen LogP contribution in [0.1, 0.15) is 90.4 Å². The number of benzene rings is 3. The lowest BCUT2D eigenvalue weighted by atomic mass is 9.84. The Bertz CT molecular complexity index is 1640. The highest BCUT2D eigenvalue weighted by Crippen LogP contribution is 2.47. The number of phenols is 2. The van der Waals surface area contributed by atoms with Crippen LogP contribution in [0.2, 0.25) is 0 Å². The van der Waals surface area contributed by atoms with Gasteiger partial charge in [-0.15, -0.1) is 0 Å². The molecule has 4 rings (SSSR count). The Labute approximate surface area is 292 Å². The number of ether oxygens (including phenoxy) is 4. The van der Waals surface area contributed by atoms with Crippen molar-refractivity contribution in [3.8, 4) is 28.7 Å². The Kier molecular flexibility index (Phi) is 13.7. The molecule has 1 heterocycles. The Morgan fingerprint density at radius 3 is 2.30 bits per heavy atom. The molecule has 268 valence electrons. The molecule has 1 aliphatic heterocycles. The zero-order chi connectivity index (χ0) is 36.2. The fourth-order valence-corrected chi connectivity index (χ4v) is 6.24. The van der Waals surface area contributed by atoms with E-state index in [1.807, 2.05) is 30.3 Å². The molecule has 1 aliphatic rings. The zero-order valence-corrected chi connectivity index (χ0v) is 29.1. The van der Waals surface area contributed by atoms with Gasteiger partial charge in [-0.2, -0.15) is 0 Å². The van der Waals surface area contributed by atoms with Crippen molar-refractivity contribution >= 4 is 23.7 Å². The molecule has 1 amide bonds. The number of aromatic hydroxyl groups is 2. The van der Waals surface area contributed by atoms with Gasteiger partial charge in [0.2, 0.25) is 11.7 Å². The van der Waals surface area contributed by atoms with E-state index in [1.54, 1.807) is 31.2 Å². The van der Waals surface area contributed by atoms with Crippen molar-refractivity contribution in [3.05, 3.63) is 82.4 Å². The summed E-state index contributed by atoms with van der Waals surface area (Å²) in [6.07, 6.45) is 5.91. The van der Waals surface area contributed by atoms with Gasteiger partial charge in [0, 0.05) is 30.7 Å². The summed E-state index contributed by atoms with van der Waals surface area (Å²) in [6, 6.07) is 13.4. The lowest BCUT2D eigenvalue weighted by Crippen LogP contribution is -2.39. The number of esters is 1. The highest BCUT2D eigenvalue weighted by Gasteiger charge is 2.32. The minimum atomic E-state index is -1.04. The SMILES string of the molecule is COc1cc(C(CC(=O)NC(CO)Cc2ccccc2)c2c(O)cc3c(c2O)C(=O)O[C@@H](C)CCCC(=O)CCC/C=C/3)cc(OC)c1OC. The molecule has 0 fully saturated rings. The number of carbonyl (C=O) groups excluding carboxylic acids is 3. The summed E-state index contributed by atoms with van der Waals surface area (Å²) in [4.78, 5) is 39.7. The Morgan fingerprint density at radius 1 is 0.980 bits per heavy atom. The molecule has 3 aromatic rings. The monoisotopic (exact) mass is 689 g/mol. The number of rotatable bonds is 11. The second kappa shape index (κ2) is 18.1. The van der Waals surface area contributed by atoms with Crippen molar-refractivity contribution in [2.75, 3.05) is 27.9 Å². The number of aliphatic hydroxyl groups is 1. The average Bonchev–Trinajstić information content (AvgIpc) is 3.09. The smallest absolute Gasteiger partial charge is 0.342 e. The maximum atomic E-state index is 13.7. The van der Waals surface area contributed by atoms with Crippen LogP contribution in [0.4, 0.5) is 0 Å². The quantitative estimate of drug-likeness (QED) is 0.180. The van der Waals surface area contributed by atoms with Crippen LogP contribution in [0.5, 0.6) is 28.7 Å². The zero-order valence-electron chi connectivity index (χ0n) is 29.1. The van der Waals surface area contributed by atoms with Gasteiger partial charge in [-0.25, -0.2) is 4.79 Å². The van der Waals surface area contributed by atoms with Gasteiger partial charge in [0.1, 0.15) is 22.8 Å². The second-order valence-electron chi connectivity index (χ2n) is 12.4. The molecule has 0 aromatic heterocycles. The minimum absolute atomic E-state index is 0.0819. The fourth-order valence-electron chi connectivity index (χ4n) is 6.24. The first-order valence-corrected chi connectivity index (χ1v) is 16.8. The topological polar surface area (TPSA) is 161 Å². The van der Waals surface area contributed by atoms with Crippen molar-refractivity contribution in [2.45, 2.75) is 76.4 Å². The number of fused-ring (bicyclic) bond motifs is 1. The van der Waals surface area contributed by atoms with Crippen molar-refractivity contribution in [1.29, 1.82) is 0 Å². The van der Waals surface area contributed by atoms with Gasteiger partial charge >= 0.3 is 5.97 Å². The third kappa shape index (κ3) is 9.56. The predicted octanol–water partition coefficient (Wildman–Crippen LogP) is 5.85. The third-order valence-electron chi connectivity index (χ3n) is 8.79. The molecule has 11 nitrogen and oxygen atoms in total. The number of hydrogen-bond acceptors (Lipinski definition) is 10. The van der Waals surface area contributed by atoms with Crippen LogP contribution < -0.4 is 19.5 Å². The van der Waals surface area contributed by atoms with E-state index in [0.717, 1.165) is 5.56 Å². The van der Waals surface area contributed by atoms with Crippen molar-refractivity contribution in [2.24, 2.45) is 0 Å². The third-order valence-corrected chi connectivity index (χ3v) is 8.79. The molecule has 0 radical (unpaired) electrons. The van der Waals surface area contributed by atoms with Gasteiger partial charge in [-0.05, 0) is 73.9 Å². The van der Waals surface area contributed by atoms with E-state index < -0.39 is 35.7 Å². The molecule has 11 heteroatoms. The van der Waals surface area contributed by atoms with E-state index in [9.17, 15) is 29.7 Å². The van der Waals surface area contributed by atoms with Crippen LogP contribution in [-0.2, 0) is 20.7 Å². The van der Waals surface area contributed by atoms with E-state index in [0.29, 0.717) is 56.3 Å². The van der Waals surface area contributed by atoms with Crippen molar-refractivity contribution in [1.82, 2.24) is 5.32 Å². The standard InChI is InChI=1S/C39H47NO10/c1-24-12-11-17-29(42)16-10-6-9-15-26-19-31(43)36(37(45)35(26)39(46)50-24)30(27-20-32(47-2)38(49-4)33(21-27)48-3)22-34(44)40-28(23-41)18-25-13-7-5-8-14-25/h5,7-9,13-15,19-21,24,28,30,41,43,45H,6,10-12,16-18,22-23H2,1-4H3,(H,40,44)/b15-9+/t24-,28?,30?/m0/s1. The van der Waals surface area contributed by atoms with Gasteiger partial charge in [0.25, 0.3) is 0 Å². The highest BCUT2D eigenvalue weighted by atomic mass is 16.5. The molecular weight excluding hydrogens is 642 g/mol. The molecular formula is C39H47NO10. The van der Waals surface area contributed by atoms with E-state index in [1.165, 1.54) is 27.4 Å².